The van der Waals surface area contributed by atoms with Gasteiger partial charge in [0.05, 0.1) is 13.1 Å². The van der Waals surface area contributed by atoms with Crippen LogP contribution in [0.4, 0.5) is 5.13 Å². The molecule has 0 aromatic carbocycles. The first-order valence-electron chi connectivity index (χ1n) is 5.15. The van der Waals surface area contributed by atoms with E-state index in [1.54, 1.807) is 4.90 Å². The molecule has 0 unspecified atom stereocenters. The van der Waals surface area contributed by atoms with Gasteiger partial charge in [0.25, 0.3) is 0 Å². The zero-order valence-corrected chi connectivity index (χ0v) is 10.3. The second-order valence-electron chi connectivity index (χ2n) is 3.78. The van der Waals surface area contributed by atoms with Crippen LogP contribution in [0.25, 0.3) is 0 Å². The molecule has 1 amide bonds. The van der Waals surface area contributed by atoms with E-state index in [4.69, 9.17) is 0 Å². The number of likely N-dealkylation sites (N-methyl/N-ethyl adjacent to an activating group) is 1. The number of carbonyl (C=O) groups is 1. The molecular formula is C9H15N5OS. The van der Waals surface area contributed by atoms with Crippen molar-refractivity contribution in [3.8, 4) is 0 Å². The standard InChI is InChI=1S/C9H15N5OS/c1-10-9-12-11-7(16-9)5-14-4-3-13(2)8(15)6-14/h3-6H2,1-2H3,(H,10,12). The number of aromatic nitrogens is 2. The molecule has 16 heavy (non-hydrogen) atoms. The monoisotopic (exact) mass is 241 g/mol. The highest BCUT2D eigenvalue weighted by atomic mass is 32.1. The summed E-state index contributed by atoms with van der Waals surface area (Å²) >= 11 is 1.53. The van der Waals surface area contributed by atoms with Gasteiger partial charge in [-0.2, -0.15) is 0 Å². The summed E-state index contributed by atoms with van der Waals surface area (Å²) in [4.78, 5) is 15.4. The van der Waals surface area contributed by atoms with Crippen LogP contribution in [0.3, 0.4) is 0 Å². The molecular weight excluding hydrogens is 226 g/mol. The molecule has 1 fully saturated rings. The highest BCUT2D eigenvalue weighted by Gasteiger charge is 2.21. The summed E-state index contributed by atoms with van der Waals surface area (Å²) in [5.74, 6) is 0.171. The number of hydrogen-bond acceptors (Lipinski definition) is 6. The number of carbonyl (C=O) groups excluding carboxylic acids is 1. The van der Waals surface area contributed by atoms with Crippen LogP contribution in [-0.2, 0) is 11.3 Å². The van der Waals surface area contributed by atoms with Crippen LogP contribution in [0.5, 0.6) is 0 Å². The highest BCUT2D eigenvalue weighted by molar-refractivity contribution is 7.15. The first-order valence-corrected chi connectivity index (χ1v) is 5.97. The van der Waals surface area contributed by atoms with Gasteiger partial charge >= 0.3 is 0 Å². The molecule has 1 aliphatic heterocycles. The number of nitrogens with one attached hydrogen (secondary N) is 1. The minimum atomic E-state index is 0.171. The van der Waals surface area contributed by atoms with E-state index in [0.717, 1.165) is 23.2 Å². The zero-order chi connectivity index (χ0) is 11.5. The van der Waals surface area contributed by atoms with Gasteiger partial charge < -0.3 is 10.2 Å². The molecule has 88 valence electrons. The number of rotatable bonds is 3. The first-order chi connectivity index (χ1) is 7.69. The zero-order valence-electron chi connectivity index (χ0n) is 9.43. The predicted molar refractivity (Wildman–Crippen MR) is 62.4 cm³/mol. The molecule has 0 radical (unpaired) electrons. The van der Waals surface area contributed by atoms with Gasteiger partial charge in [0, 0.05) is 27.2 Å². The van der Waals surface area contributed by atoms with E-state index in [1.165, 1.54) is 11.3 Å². The minimum absolute atomic E-state index is 0.171. The largest absolute Gasteiger partial charge is 0.363 e. The van der Waals surface area contributed by atoms with E-state index in [9.17, 15) is 4.79 Å². The third-order valence-electron chi connectivity index (χ3n) is 2.58. The van der Waals surface area contributed by atoms with Gasteiger partial charge in [-0.1, -0.05) is 11.3 Å². The van der Waals surface area contributed by atoms with Crippen molar-refractivity contribution in [3.63, 3.8) is 0 Å². The summed E-state index contributed by atoms with van der Waals surface area (Å²) in [6.45, 7) is 2.87. The Morgan fingerprint density at radius 3 is 2.88 bits per heavy atom. The molecule has 2 heterocycles. The maximum Gasteiger partial charge on any atom is 0.236 e. The van der Waals surface area contributed by atoms with E-state index in [0.29, 0.717) is 13.1 Å². The Morgan fingerprint density at radius 1 is 1.44 bits per heavy atom. The van der Waals surface area contributed by atoms with Gasteiger partial charge in [-0.3, -0.25) is 9.69 Å². The van der Waals surface area contributed by atoms with E-state index in [1.807, 2.05) is 14.1 Å². The Hall–Kier alpha value is -1.21. The minimum Gasteiger partial charge on any atom is -0.363 e. The van der Waals surface area contributed by atoms with Gasteiger partial charge in [0.1, 0.15) is 5.01 Å². The maximum absolute atomic E-state index is 11.5. The van der Waals surface area contributed by atoms with Crippen LogP contribution >= 0.6 is 11.3 Å². The number of amides is 1. The second-order valence-corrected chi connectivity index (χ2v) is 4.84. The maximum atomic E-state index is 11.5. The molecule has 6 nitrogen and oxygen atoms in total. The van der Waals surface area contributed by atoms with E-state index < -0.39 is 0 Å². The first kappa shape index (κ1) is 11.3. The number of nitrogens with zero attached hydrogens (tertiary/aromatic N) is 4. The fraction of sp³-hybridized carbons (Fsp3) is 0.667. The molecule has 0 spiro atoms. The van der Waals surface area contributed by atoms with Crippen molar-refractivity contribution in [3.05, 3.63) is 5.01 Å². The van der Waals surface area contributed by atoms with Gasteiger partial charge in [0.2, 0.25) is 11.0 Å². The van der Waals surface area contributed by atoms with Crippen molar-refractivity contribution in [1.82, 2.24) is 20.0 Å². The Morgan fingerprint density at radius 2 is 2.25 bits per heavy atom. The molecule has 7 heteroatoms. The van der Waals surface area contributed by atoms with Crippen molar-refractivity contribution >= 4 is 22.4 Å². The fourth-order valence-electron chi connectivity index (χ4n) is 1.55. The third kappa shape index (κ3) is 2.48. The summed E-state index contributed by atoms with van der Waals surface area (Å²) in [5.41, 5.74) is 0. The van der Waals surface area contributed by atoms with Crippen LogP contribution in [0.1, 0.15) is 5.01 Å². The van der Waals surface area contributed by atoms with Crippen molar-refractivity contribution < 1.29 is 4.79 Å². The van der Waals surface area contributed by atoms with Crippen LogP contribution in [0.2, 0.25) is 0 Å². The fourth-order valence-corrected chi connectivity index (χ4v) is 2.29. The molecule has 1 aliphatic rings. The predicted octanol–water partition coefficient (Wildman–Crippen LogP) is -0.146. The van der Waals surface area contributed by atoms with Crippen LogP contribution in [0.15, 0.2) is 0 Å². The Kier molecular flexibility index (Phi) is 3.35. The molecule has 1 aromatic rings. The smallest absolute Gasteiger partial charge is 0.236 e. The normalized spacial score (nSPS) is 17.9. The lowest BCUT2D eigenvalue weighted by atomic mass is 10.3. The van der Waals surface area contributed by atoms with E-state index >= 15 is 0 Å². The van der Waals surface area contributed by atoms with Gasteiger partial charge in [-0.25, -0.2) is 0 Å². The quantitative estimate of drug-likeness (QED) is 0.797. The van der Waals surface area contributed by atoms with Crippen molar-refractivity contribution in [1.29, 1.82) is 0 Å². The number of piperazine rings is 1. The van der Waals surface area contributed by atoms with E-state index in [-0.39, 0.29) is 5.91 Å². The van der Waals surface area contributed by atoms with Crippen molar-refractivity contribution in [2.24, 2.45) is 0 Å². The summed E-state index contributed by atoms with van der Waals surface area (Å²) in [7, 11) is 3.66. The lowest BCUT2D eigenvalue weighted by Crippen LogP contribution is -2.47. The van der Waals surface area contributed by atoms with Crippen LogP contribution < -0.4 is 5.32 Å². The van der Waals surface area contributed by atoms with E-state index in [2.05, 4.69) is 20.4 Å². The van der Waals surface area contributed by atoms with Gasteiger partial charge in [-0.05, 0) is 0 Å². The number of anilines is 1. The molecule has 0 aliphatic carbocycles. The number of hydrogen-bond donors (Lipinski definition) is 1. The highest BCUT2D eigenvalue weighted by Crippen LogP contribution is 2.16. The summed E-state index contributed by atoms with van der Waals surface area (Å²) in [6.07, 6.45) is 0. The summed E-state index contributed by atoms with van der Waals surface area (Å²) in [6, 6.07) is 0. The van der Waals surface area contributed by atoms with Gasteiger partial charge in [-0.15, -0.1) is 10.2 Å². The summed E-state index contributed by atoms with van der Waals surface area (Å²) in [5, 5.41) is 12.7. The SMILES string of the molecule is CNc1nnc(CN2CCN(C)C(=O)C2)s1. The lowest BCUT2D eigenvalue weighted by molar-refractivity contribution is -0.134. The average Bonchev–Trinajstić information content (AvgIpc) is 2.71. The van der Waals surface area contributed by atoms with Crippen molar-refractivity contribution in [2.75, 3.05) is 39.0 Å². The Balaban J connectivity index is 1.92. The molecule has 0 atom stereocenters. The third-order valence-corrected chi connectivity index (χ3v) is 3.50. The average molecular weight is 241 g/mol. The molecule has 1 N–H and O–H groups in total. The lowest BCUT2D eigenvalue weighted by Gasteiger charge is -2.31. The summed E-state index contributed by atoms with van der Waals surface area (Å²) < 4.78 is 0. The Labute approximate surface area is 98.3 Å². The van der Waals surface area contributed by atoms with Gasteiger partial charge in [0.15, 0.2) is 0 Å². The topological polar surface area (TPSA) is 61.4 Å². The second kappa shape index (κ2) is 4.75. The van der Waals surface area contributed by atoms with Crippen molar-refractivity contribution in [2.45, 2.75) is 6.54 Å². The molecule has 0 bridgehead atoms. The molecule has 2 rings (SSSR count). The van der Waals surface area contributed by atoms with Crippen LogP contribution in [-0.4, -0.2) is 59.6 Å². The molecule has 0 saturated carbocycles. The molecule has 1 aromatic heterocycles. The van der Waals surface area contributed by atoms with Crippen LogP contribution in [0, 0.1) is 0 Å². The molecule has 1 saturated heterocycles. The Bertz CT molecular complexity index is 380.